The topological polar surface area (TPSA) is 66.5 Å². The zero-order valence-electron chi connectivity index (χ0n) is 16.1. The van der Waals surface area contributed by atoms with E-state index in [4.69, 9.17) is 34.8 Å². The van der Waals surface area contributed by atoms with Crippen LogP contribution in [0.5, 0.6) is 0 Å². The van der Waals surface area contributed by atoms with Crippen molar-refractivity contribution in [2.45, 2.75) is 17.9 Å². The van der Waals surface area contributed by atoms with Crippen LogP contribution >= 0.6 is 34.8 Å². The lowest BCUT2D eigenvalue weighted by Gasteiger charge is -2.28. The minimum atomic E-state index is -3.81. The van der Waals surface area contributed by atoms with Crippen LogP contribution in [-0.4, -0.2) is 25.2 Å². The molecule has 3 aromatic rings. The van der Waals surface area contributed by atoms with E-state index in [9.17, 15) is 13.2 Å². The van der Waals surface area contributed by atoms with E-state index in [-0.39, 0.29) is 27.0 Å². The molecule has 5 nitrogen and oxygen atoms in total. The third kappa shape index (κ3) is 4.59. The lowest BCUT2D eigenvalue weighted by Crippen LogP contribution is -2.36. The number of sulfonamides is 1. The molecule has 1 aliphatic rings. The molecule has 0 spiro atoms. The van der Waals surface area contributed by atoms with Crippen molar-refractivity contribution in [1.82, 2.24) is 4.31 Å². The summed E-state index contributed by atoms with van der Waals surface area (Å²) >= 11 is 18.1. The summed E-state index contributed by atoms with van der Waals surface area (Å²) < 4.78 is 27.9. The molecular weight excluding hydrogens is 479 g/mol. The fourth-order valence-electron chi connectivity index (χ4n) is 3.44. The molecular formula is C22H17Cl3N2O3S. The number of hydrogen-bond acceptors (Lipinski definition) is 3. The van der Waals surface area contributed by atoms with E-state index in [0.29, 0.717) is 23.7 Å². The lowest BCUT2D eigenvalue weighted by atomic mass is 10.0. The van der Waals surface area contributed by atoms with Crippen molar-refractivity contribution in [2.75, 3.05) is 11.9 Å². The van der Waals surface area contributed by atoms with Crippen molar-refractivity contribution >= 4 is 56.4 Å². The minimum Gasteiger partial charge on any atom is -0.322 e. The molecule has 1 N–H and O–H groups in total. The Morgan fingerprint density at radius 1 is 0.871 bits per heavy atom. The highest BCUT2D eigenvalue weighted by Crippen LogP contribution is 2.29. The number of benzene rings is 3. The number of rotatable bonds is 4. The Labute approximate surface area is 195 Å². The molecule has 160 valence electrons. The molecule has 0 aliphatic carbocycles. The van der Waals surface area contributed by atoms with Gasteiger partial charge in [0.15, 0.2) is 0 Å². The number of nitrogens with zero attached hydrogens (tertiary/aromatic N) is 1. The molecule has 1 aliphatic heterocycles. The van der Waals surface area contributed by atoms with Gasteiger partial charge in [-0.05, 0) is 53.9 Å². The van der Waals surface area contributed by atoms with E-state index >= 15 is 0 Å². The van der Waals surface area contributed by atoms with E-state index in [1.165, 1.54) is 28.6 Å². The first-order valence-corrected chi connectivity index (χ1v) is 12.0. The summed E-state index contributed by atoms with van der Waals surface area (Å²) in [6.07, 6.45) is 0.633. The molecule has 1 heterocycles. The monoisotopic (exact) mass is 494 g/mol. The Balaban J connectivity index is 1.61. The van der Waals surface area contributed by atoms with Crippen LogP contribution in [0.1, 0.15) is 21.5 Å². The number of carbonyl (C=O) groups is 1. The normalized spacial score (nSPS) is 14.2. The largest absolute Gasteiger partial charge is 0.322 e. The maximum Gasteiger partial charge on any atom is 0.257 e. The van der Waals surface area contributed by atoms with Gasteiger partial charge in [0.1, 0.15) is 0 Å². The molecule has 0 fully saturated rings. The summed E-state index contributed by atoms with van der Waals surface area (Å²) in [6.45, 7) is 0.652. The molecule has 0 saturated carbocycles. The second-order valence-corrected chi connectivity index (χ2v) is 10.2. The average Bonchev–Trinajstić information content (AvgIpc) is 2.76. The van der Waals surface area contributed by atoms with Gasteiger partial charge in [-0.25, -0.2) is 8.42 Å². The zero-order valence-corrected chi connectivity index (χ0v) is 19.2. The number of amides is 1. The smallest absolute Gasteiger partial charge is 0.257 e. The van der Waals surface area contributed by atoms with E-state index in [2.05, 4.69) is 5.32 Å². The Morgan fingerprint density at radius 2 is 1.58 bits per heavy atom. The van der Waals surface area contributed by atoms with E-state index < -0.39 is 15.9 Å². The molecule has 3 aromatic carbocycles. The Bertz CT molecular complexity index is 1280. The van der Waals surface area contributed by atoms with Crippen LogP contribution in [0.2, 0.25) is 15.1 Å². The summed E-state index contributed by atoms with van der Waals surface area (Å²) in [5.74, 6) is -0.551. The van der Waals surface area contributed by atoms with Gasteiger partial charge in [0.25, 0.3) is 5.91 Å². The second-order valence-electron chi connectivity index (χ2n) is 7.08. The number of fused-ring (bicyclic) bond motifs is 1. The average molecular weight is 496 g/mol. The molecule has 0 bridgehead atoms. The number of anilines is 1. The standard InChI is InChI=1S/C22H17Cl3N2O3S/c23-19-8-6-17(12-18(19)22(28)26-16-5-7-20(24)21(25)11-16)31(29,30)27-10-9-14-3-1-2-4-15(14)13-27/h1-8,11-12H,9-10,13H2,(H,26,28). The molecule has 0 atom stereocenters. The number of hydrogen-bond donors (Lipinski definition) is 1. The molecule has 0 radical (unpaired) electrons. The van der Waals surface area contributed by atoms with Crippen molar-refractivity contribution in [2.24, 2.45) is 0 Å². The Morgan fingerprint density at radius 3 is 2.32 bits per heavy atom. The Kier molecular flexibility index (Phi) is 6.28. The highest BCUT2D eigenvalue weighted by molar-refractivity contribution is 7.89. The van der Waals surface area contributed by atoms with Crippen molar-refractivity contribution in [1.29, 1.82) is 0 Å². The van der Waals surface area contributed by atoms with Crippen LogP contribution in [0.4, 0.5) is 5.69 Å². The third-order valence-corrected chi connectivity index (χ3v) is 8.00. The fourth-order valence-corrected chi connectivity index (χ4v) is 5.38. The maximum absolute atomic E-state index is 13.2. The van der Waals surface area contributed by atoms with Crippen molar-refractivity contribution < 1.29 is 13.2 Å². The maximum atomic E-state index is 13.2. The summed E-state index contributed by atoms with van der Waals surface area (Å²) in [5, 5.41) is 3.44. The highest BCUT2D eigenvalue weighted by Gasteiger charge is 2.29. The summed E-state index contributed by atoms with van der Waals surface area (Å²) in [7, 11) is -3.81. The summed E-state index contributed by atoms with van der Waals surface area (Å²) in [4.78, 5) is 12.8. The van der Waals surface area contributed by atoms with Gasteiger partial charge in [-0.15, -0.1) is 0 Å². The van der Waals surface area contributed by atoms with Crippen LogP contribution in [0, 0.1) is 0 Å². The van der Waals surface area contributed by atoms with E-state index in [1.807, 2.05) is 24.3 Å². The predicted octanol–water partition coefficient (Wildman–Crippen LogP) is 5.65. The Hall–Kier alpha value is -2.09. The fraction of sp³-hybridized carbons (Fsp3) is 0.136. The molecule has 1 amide bonds. The highest BCUT2D eigenvalue weighted by atomic mass is 35.5. The van der Waals surface area contributed by atoms with Crippen LogP contribution in [0.25, 0.3) is 0 Å². The van der Waals surface area contributed by atoms with E-state index in [0.717, 1.165) is 11.1 Å². The summed E-state index contributed by atoms with van der Waals surface area (Å²) in [5.41, 5.74) is 2.58. The van der Waals surface area contributed by atoms with E-state index in [1.54, 1.807) is 12.1 Å². The first-order valence-electron chi connectivity index (χ1n) is 9.38. The van der Waals surface area contributed by atoms with Gasteiger partial charge in [-0.3, -0.25) is 4.79 Å². The molecule has 31 heavy (non-hydrogen) atoms. The van der Waals surface area contributed by atoms with Crippen LogP contribution in [-0.2, 0) is 23.0 Å². The molecule has 9 heteroatoms. The van der Waals surface area contributed by atoms with Gasteiger partial charge >= 0.3 is 0 Å². The van der Waals surface area contributed by atoms with Gasteiger partial charge in [0, 0.05) is 18.8 Å². The van der Waals surface area contributed by atoms with Crippen LogP contribution in [0.15, 0.2) is 65.6 Å². The van der Waals surface area contributed by atoms with Gasteiger partial charge in [0.2, 0.25) is 10.0 Å². The third-order valence-electron chi connectivity index (χ3n) is 5.09. The molecule has 0 saturated heterocycles. The summed E-state index contributed by atoms with van der Waals surface area (Å²) in [6, 6.07) is 16.5. The van der Waals surface area contributed by atoms with Crippen LogP contribution < -0.4 is 5.32 Å². The first kappa shape index (κ1) is 22.1. The lowest BCUT2D eigenvalue weighted by molar-refractivity contribution is 0.102. The van der Waals surface area contributed by atoms with Gasteiger partial charge in [-0.1, -0.05) is 59.1 Å². The van der Waals surface area contributed by atoms with Gasteiger partial charge < -0.3 is 5.32 Å². The first-order chi connectivity index (χ1) is 14.8. The quantitative estimate of drug-likeness (QED) is 0.509. The predicted molar refractivity (Wildman–Crippen MR) is 124 cm³/mol. The van der Waals surface area contributed by atoms with Crippen molar-refractivity contribution in [3.05, 3.63) is 92.4 Å². The van der Waals surface area contributed by atoms with Crippen molar-refractivity contribution in [3.8, 4) is 0 Å². The van der Waals surface area contributed by atoms with Gasteiger partial charge in [0.05, 0.1) is 25.5 Å². The molecule has 4 rings (SSSR count). The van der Waals surface area contributed by atoms with Gasteiger partial charge in [-0.2, -0.15) is 4.31 Å². The van der Waals surface area contributed by atoms with Crippen LogP contribution in [0.3, 0.4) is 0 Å². The number of carbonyl (C=O) groups excluding carboxylic acids is 1. The second kappa shape index (κ2) is 8.81. The van der Waals surface area contributed by atoms with Crippen molar-refractivity contribution in [3.63, 3.8) is 0 Å². The number of halogens is 3. The SMILES string of the molecule is O=C(Nc1ccc(Cl)c(Cl)c1)c1cc(S(=O)(=O)N2CCc3ccccc3C2)ccc1Cl. The molecule has 0 unspecified atom stereocenters. The molecule has 0 aromatic heterocycles. The number of nitrogens with one attached hydrogen (secondary N) is 1. The zero-order chi connectivity index (χ0) is 22.2. The minimum absolute atomic E-state index is 0.00979.